The first-order valence-corrected chi connectivity index (χ1v) is 7.28. The van der Waals surface area contributed by atoms with Gasteiger partial charge in [0.2, 0.25) is 0 Å². The SMILES string of the molecule is CC(C)NC(CO)(CN1CCOC(C)C1)C1CC1. The van der Waals surface area contributed by atoms with E-state index in [2.05, 4.69) is 31.0 Å². The number of aliphatic hydroxyl groups is 1. The van der Waals surface area contributed by atoms with Crippen molar-refractivity contribution in [2.24, 2.45) is 5.92 Å². The number of nitrogens with one attached hydrogen (secondary N) is 1. The summed E-state index contributed by atoms with van der Waals surface area (Å²) in [6.07, 6.45) is 2.81. The van der Waals surface area contributed by atoms with Crippen molar-refractivity contribution < 1.29 is 9.84 Å². The minimum atomic E-state index is -0.106. The molecule has 2 atom stereocenters. The van der Waals surface area contributed by atoms with Crippen LogP contribution < -0.4 is 5.32 Å². The molecule has 0 bridgehead atoms. The number of hydrogen-bond acceptors (Lipinski definition) is 4. The van der Waals surface area contributed by atoms with Crippen molar-refractivity contribution in [1.82, 2.24) is 10.2 Å². The van der Waals surface area contributed by atoms with Crippen molar-refractivity contribution >= 4 is 0 Å². The molecule has 0 spiro atoms. The van der Waals surface area contributed by atoms with E-state index in [9.17, 15) is 5.11 Å². The fourth-order valence-electron chi connectivity index (χ4n) is 3.16. The normalized spacial score (nSPS) is 29.5. The summed E-state index contributed by atoms with van der Waals surface area (Å²) >= 11 is 0. The average Bonchev–Trinajstić information content (AvgIpc) is 3.11. The van der Waals surface area contributed by atoms with Crippen molar-refractivity contribution in [2.75, 3.05) is 32.8 Å². The Bertz CT molecular complexity index is 269. The summed E-state index contributed by atoms with van der Waals surface area (Å²) in [7, 11) is 0. The lowest BCUT2D eigenvalue weighted by Crippen LogP contribution is -2.61. The van der Waals surface area contributed by atoms with Crippen LogP contribution in [0.5, 0.6) is 0 Å². The Hall–Kier alpha value is -0.160. The summed E-state index contributed by atoms with van der Waals surface area (Å²) in [5.41, 5.74) is -0.106. The molecular weight excluding hydrogens is 228 g/mol. The molecule has 4 nitrogen and oxygen atoms in total. The standard InChI is InChI=1S/C14H28N2O2/c1-11(2)15-14(10-17,13-4-5-13)9-16-6-7-18-12(3)8-16/h11-13,15,17H,4-10H2,1-3H3. The van der Waals surface area contributed by atoms with Crippen molar-refractivity contribution in [2.45, 2.75) is 51.3 Å². The van der Waals surface area contributed by atoms with Crippen LogP contribution in [-0.4, -0.2) is 60.5 Å². The van der Waals surface area contributed by atoms with Gasteiger partial charge in [0, 0.05) is 25.7 Å². The van der Waals surface area contributed by atoms with Gasteiger partial charge < -0.3 is 15.2 Å². The van der Waals surface area contributed by atoms with Gasteiger partial charge in [-0.1, -0.05) is 13.8 Å². The van der Waals surface area contributed by atoms with Crippen molar-refractivity contribution in [3.05, 3.63) is 0 Å². The Balaban J connectivity index is 1.99. The lowest BCUT2D eigenvalue weighted by atomic mass is 9.92. The van der Waals surface area contributed by atoms with Gasteiger partial charge in [-0.3, -0.25) is 4.90 Å². The first-order chi connectivity index (χ1) is 8.55. The van der Waals surface area contributed by atoms with Crippen LogP contribution in [0.3, 0.4) is 0 Å². The number of rotatable bonds is 6. The number of aliphatic hydroxyl groups excluding tert-OH is 1. The second-order valence-corrected chi connectivity index (χ2v) is 6.30. The Labute approximate surface area is 111 Å². The molecule has 0 aromatic rings. The highest BCUT2D eigenvalue weighted by atomic mass is 16.5. The molecule has 2 rings (SSSR count). The fourth-order valence-corrected chi connectivity index (χ4v) is 3.16. The van der Waals surface area contributed by atoms with Crippen molar-refractivity contribution in [1.29, 1.82) is 0 Å². The molecule has 0 aromatic carbocycles. The molecule has 18 heavy (non-hydrogen) atoms. The average molecular weight is 256 g/mol. The van der Waals surface area contributed by atoms with Gasteiger partial charge in [-0.05, 0) is 25.7 Å². The van der Waals surface area contributed by atoms with Crippen LogP contribution in [0.25, 0.3) is 0 Å². The van der Waals surface area contributed by atoms with Crippen LogP contribution in [0.2, 0.25) is 0 Å². The molecule has 2 fully saturated rings. The second kappa shape index (κ2) is 5.87. The molecule has 1 aliphatic heterocycles. The largest absolute Gasteiger partial charge is 0.394 e. The first-order valence-electron chi connectivity index (χ1n) is 7.28. The van der Waals surface area contributed by atoms with E-state index < -0.39 is 0 Å². The summed E-state index contributed by atoms with van der Waals surface area (Å²) in [6.45, 7) is 10.4. The van der Waals surface area contributed by atoms with Gasteiger partial charge in [0.1, 0.15) is 0 Å². The van der Waals surface area contributed by atoms with E-state index in [1.54, 1.807) is 0 Å². The molecule has 4 heteroatoms. The molecule has 0 radical (unpaired) electrons. The van der Waals surface area contributed by atoms with Crippen LogP contribution in [-0.2, 0) is 4.74 Å². The molecule has 1 heterocycles. The quantitative estimate of drug-likeness (QED) is 0.739. The molecule has 2 unspecified atom stereocenters. The molecule has 106 valence electrons. The van der Waals surface area contributed by atoms with Gasteiger partial charge in [-0.2, -0.15) is 0 Å². The first kappa shape index (κ1) is 14.3. The zero-order valence-corrected chi connectivity index (χ0v) is 12.0. The maximum atomic E-state index is 9.91. The molecule has 1 saturated heterocycles. The minimum Gasteiger partial charge on any atom is -0.394 e. The molecular formula is C14H28N2O2. The third kappa shape index (κ3) is 3.44. The van der Waals surface area contributed by atoms with Gasteiger partial charge in [0.25, 0.3) is 0 Å². The highest BCUT2D eigenvalue weighted by Gasteiger charge is 2.46. The Morgan fingerprint density at radius 3 is 2.67 bits per heavy atom. The zero-order chi connectivity index (χ0) is 13.2. The summed E-state index contributed by atoms with van der Waals surface area (Å²) in [5.74, 6) is 0.642. The highest BCUT2D eigenvalue weighted by molar-refractivity contribution is 5.03. The van der Waals surface area contributed by atoms with Crippen LogP contribution in [0, 0.1) is 5.92 Å². The summed E-state index contributed by atoms with van der Waals surface area (Å²) in [6, 6.07) is 0.413. The van der Waals surface area contributed by atoms with E-state index >= 15 is 0 Å². The van der Waals surface area contributed by atoms with E-state index in [0.717, 1.165) is 26.2 Å². The molecule has 0 amide bonds. The Morgan fingerprint density at radius 2 is 2.17 bits per heavy atom. The smallest absolute Gasteiger partial charge is 0.0674 e. The fraction of sp³-hybridized carbons (Fsp3) is 1.00. The topological polar surface area (TPSA) is 44.7 Å². The molecule has 2 N–H and O–H groups in total. The second-order valence-electron chi connectivity index (χ2n) is 6.30. The number of ether oxygens (including phenoxy) is 1. The number of hydrogen-bond donors (Lipinski definition) is 2. The Kier molecular flexibility index (Phi) is 4.64. The molecule has 2 aliphatic rings. The third-order valence-electron chi connectivity index (χ3n) is 4.05. The molecule has 1 aliphatic carbocycles. The third-order valence-corrected chi connectivity index (χ3v) is 4.05. The van der Waals surface area contributed by atoms with Crippen LogP contribution in [0.1, 0.15) is 33.6 Å². The molecule has 0 aromatic heterocycles. The Morgan fingerprint density at radius 1 is 1.44 bits per heavy atom. The zero-order valence-electron chi connectivity index (χ0n) is 12.0. The van der Waals surface area contributed by atoms with Gasteiger partial charge in [0.05, 0.1) is 24.9 Å². The van der Waals surface area contributed by atoms with Crippen LogP contribution in [0.4, 0.5) is 0 Å². The van der Waals surface area contributed by atoms with Crippen LogP contribution >= 0.6 is 0 Å². The lowest BCUT2D eigenvalue weighted by Gasteiger charge is -2.42. The van der Waals surface area contributed by atoms with Gasteiger partial charge in [-0.25, -0.2) is 0 Å². The number of nitrogens with zero attached hydrogens (tertiary/aromatic N) is 1. The lowest BCUT2D eigenvalue weighted by molar-refractivity contribution is -0.0353. The predicted octanol–water partition coefficient (Wildman–Crippen LogP) is 0.846. The predicted molar refractivity (Wildman–Crippen MR) is 72.7 cm³/mol. The van der Waals surface area contributed by atoms with E-state index in [1.165, 1.54) is 12.8 Å². The monoisotopic (exact) mass is 256 g/mol. The highest BCUT2D eigenvalue weighted by Crippen LogP contribution is 2.40. The van der Waals surface area contributed by atoms with E-state index in [0.29, 0.717) is 18.1 Å². The van der Waals surface area contributed by atoms with Gasteiger partial charge in [0.15, 0.2) is 0 Å². The summed E-state index contributed by atoms with van der Waals surface area (Å²) in [5, 5.41) is 13.5. The van der Waals surface area contributed by atoms with Crippen molar-refractivity contribution in [3.63, 3.8) is 0 Å². The van der Waals surface area contributed by atoms with Gasteiger partial charge >= 0.3 is 0 Å². The summed E-state index contributed by atoms with van der Waals surface area (Å²) in [4.78, 5) is 2.44. The number of morpholine rings is 1. The van der Waals surface area contributed by atoms with E-state index in [-0.39, 0.29) is 12.1 Å². The van der Waals surface area contributed by atoms with E-state index in [4.69, 9.17) is 4.74 Å². The van der Waals surface area contributed by atoms with E-state index in [1.807, 2.05) is 0 Å². The summed E-state index contributed by atoms with van der Waals surface area (Å²) < 4.78 is 5.59. The van der Waals surface area contributed by atoms with Crippen LogP contribution in [0.15, 0.2) is 0 Å². The minimum absolute atomic E-state index is 0.106. The molecule has 1 saturated carbocycles. The maximum absolute atomic E-state index is 9.91. The maximum Gasteiger partial charge on any atom is 0.0674 e. The van der Waals surface area contributed by atoms with Crippen molar-refractivity contribution in [3.8, 4) is 0 Å². The van der Waals surface area contributed by atoms with Gasteiger partial charge in [-0.15, -0.1) is 0 Å².